The lowest BCUT2D eigenvalue weighted by Gasteiger charge is -2.32. The SMILES string of the molecule is O=C(O)N[C@@H](c1ccccc1)c1cccc(OCC2CCN(C(=O)c3ccc(C(=O)NCCCNCC(O)c4ccc(O)c5[nH]c(=O)ccc45)cc3)CC2)c1. The highest BCUT2D eigenvalue weighted by atomic mass is 16.5. The Morgan fingerprint density at radius 3 is 2.33 bits per heavy atom. The number of amides is 3. The van der Waals surface area contributed by atoms with E-state index < -0.39 is 18.2 Å². The van der Waals surface area contributed by atoms with Gasteiger partial charge in [-0.25, -0.2) is 4.79 Å². The average Bonchev–Trinajstić information content (AvgIpc) is 3.21. The molecule has 1 fully saturated rings. The number of carbonyl (C=O) groups is 3. The van der Waals surface area contributed by atoms with Crippen LogP contribution in [0.2, 0.25) is 0 Å². The number of hydrogen-bond donors (Lipinski definition) is 7. The van der Waals surface area contributed by atoms with E-state index in [1.54, 1.807) is 36.4 Å². The third kappa shape index (κ3) is 10.1. The van der Waals surface area contributed by atoms with E-state index >= 15 is 0 Å². The quantitative estimate of drug-likeness (QED) is 0.0725. The first-order chi connectivity index (χ1) is 26.7. The molecule has 0 radical (unpaired) electrons. The molecule has 55 heavy (non-hydrogen) atoms. The van der Waals surface area contributed by atoms with Crippen molar-refractivity contribution in [2.75, 3.05) is 39.3 Å². The summed E-state index contributed by atoms with van der Waals surface area (Å²) >= 11 is 0. The van der Waals surface area contributed by atoms with Gasteiger partial charge in [-0.2, -0.15) is 0 Å². The molecule has 0 spiro atoms. The number of carboxylic acid groups (broad SMARTS) is 1. The minimum atomic E-state index is -1.11. The molecular formula is C42H45N5O8. The summed E-state index contributed by atoms with van der Waals surface area (Å²) in [6.45, 7) is 2.85. The van der Waals surface area contributed by atoms with Crippen molar-refractivity contribution >= 4 is 28.8 Å². The summed E-state index contributed by atoms with van der Waals surface area (Å²) in [5.41, 5.74) is 3.08. The van der Waals surface area contributed by atoms with E-state index in [9.17, 15) is 34.5 Å². The Bertz CT molecular complexity index is 2150. The minimum Gasteiger partial charge on any atom is -0.506 e. The molecular weight excluding hydrogens is 702 g/mol. The molecule has 1 aliphatic rings. The fraction of sp³-hybridized carbons (Fsp3) is 0.286. The van der Waals surface area contributed by atoms with E-state index in [-0.39, 0.29) is 41.1 Å². The predicted molar refractivity (Wildman–Crippen MR) is 207 cm³/mol. The van der Waals surface area contributed by atoms with E-state index in [1.165, 1.54) is 12.1 Å². The molecule has 1 unspecified atom stereocenters. The normalized spacial score (nSPS) is 14.2. The van der Waals surface area contributed by atoms with Gasteiger partial charge in [-0.15, -0.1) is 0 Å². The lowest BCUT2D eigenvalue weighted by molar-refractivity contribution is 0.0660. The number of aromatic nitrogens is 1. The zero-order valence-electron chi connectivity index (χ0n) is 30.2. The second-order valence-electron chi connectivity index (χ2n) is 13.6. The molecule has 13 nitrogen and oxygen atoms in total. The number of aromatic hydroxyl groups is 1. The van der Waals surface area contributed by atoms with Crippen molar-refractivity contribution in [1.29, 1.82) is 0 Å². The molecule has 0 aliphatic carbocycles. The van der Waals surface area contributed by atoms with Gasteiger partial charge < -0.3 is 45.9 Å². The first-order valence-electron chi connectivity index (χ1n) is 18.3. The standard InChI is InChI=1S/C42H45N5O8/c48-35-16-14-33(34-15-17-37(50)45-39(34)35)36(49)25-43-20-5-21-44-40(51)29-10-12-30(13-11-29)41(52)47-22-18-27(19-23-47)26-55-32-9-4-8-31(24-32)38(46-42(53)54)28-6-2-1-3-7-28/h1-4,6-17,24,27,36,38,43,46,48-49H,5,18-23,25-26H2,(H,44,51)(H,45,50)(H,53,54)/t36?,38-/m0/s1. The Morgan fingerprint density at radius 1 is 0.855 bits per heavy atom. The lowest BCUT2D eigenvalue weighted by atomic mass is 9.97. The highest BCUT2D eigenvalue weighted by Crippen LogP contribution is 2.29. The minimum absolute atomic E-state index is 0.0684. The first-order valence-corrected chi connectivity index (χ1v) is 18.3. The molecule has 0 bridgehead atoms. The predicted octanol–water partition coefficient (Wildman–Crippen LogP) is 4.97. The number of fused-ring (bicyclic) bond motifs is 1. The van der Waals surface area contributed by atoms with Crippen LogP contribution in [0.5, 0.6) is 11.5 Å². The number of nitrogens with zero attached hydrogens (tertiary/aromatic N) is 1. The zero-order chi connectivity index (χ0) is 38.7. The summed E-state index contributed by atoms with van der Waals surface area (Å²) in [5.74, 6) is 0.513. The number of rotatable bonds is 15. The number of likely N-dealkylation sites (tertiary alicyclic amines) is 1. The van der Waals surface area contributed by atoms with Crippen molar-refractivity contribution in [2.24, 2.45) is 5.92 Å². The maximum absolute atomic E-state index is 13.3. The summed E-state index contributed by atoms with van der Waals surface area (Å²) in [7, 11) is 0. The van der Waals surface area contributed by atoms with Gasteiger partial charge in [0, 0.05) is 48.8 Å². The number of nitrogens with one attached hydrogen (secondary N) is 4. The van der Waals surface area contributed by atoms with Gasteiger partial charge in [0.1, 0.15) is 11.5 Å². The highest BCUT2D eigenvalue weighted by molar-refractivity contribution is 5.98. The summed E-state index contributed by atoms with van der Waals surface area (Å²) in [4.78, 5) is 53.6. The van der Waals surface area contributed by atoms with E-state index in [4.69, 9.17) is 4.74 Å². The largest absolute Gasteiger partial charge is 0.506 e. The molecule has 13 heteroatoms. The van der Waals surface area contributed by atoms with E-state index in [0.29, 0.717) is 67.0 Å². The molecule has 6 rings (SSSR count). The highest BCUT2D eigenvalue weighted by Gasteiger charge is 2.25. The number of piperidine rings is 1. The van der Waals surface area contributed by atoms with E-state index in [2.05, 4.69) is 20.9 Å². The van der Waals surface area contributed by atoms with Crippen LogP contribution in [0.25, 0.3) is 10.9 Å². The Hall–Kier alpha value is -6.18. The Labute approximate surface area is 318 Å². The summed E-state index contributed by atoms with van der Waals surface area (Å²) in [5, 5.41) is 39.4. The topological polar surface area (TPSA) is 193 Å². The van der Waals surface area contributed by atoms with Crippen LogP contribution >= 0.6 is 0 Å². The average molecular weight is 748 g/mol. The second-order valence-corrected chi connectivity index (χ2v) is 13.6. The molecule has 7 N–H and O–H groups in total. The van der Waals surface area contributed by atoms with Crippen molar-refractivity contribution < 1.29 is 34.4 Å². The van der Waals surface area contributed by atoms with Gasteiger partial charge in [0.15, 0.2) is 0 Å². The molecule has 1 aliphatic heterocycles. The van der Waals surface area contributed by atoms with Crippen LogP contribution in [0.15, 0.2) is 108 Å². The molecule has 2 atom stereocenters. The number of aromatic amines is 1. The number of aliphatic hydroxyl groups excluding tert-OH is 1. The van der Waals surface area contributed by atoms with Crippen LogP contribution < -0.4 is 26.2 Å². The van der Waals surface area contributed by atoms with Gasteiger partial charge in [-0.05, 0) is 96.9 Å². The van der Waals surface area contributed by atoms with Gasteiger partial charge in [-0.1, -0.05) is 48.5 Å². The smallest absolute Gasteiger partial charge is 0.405 e. The van der Waals surface area contributed by atoms with Crippen molar-refractivity contribution in [1.82, 2.24) is 25.8 Å². The summed E-state index contributed by atoms with van der Waals surface area (Å²) in [6, 6.07) is 28.9. The molecule has 3 amide bonds. The second kappa shape index (κ2) is 18.2. The third-order valence-electron chi connectivity index (χ3n) is 9.79. The summed E-state index contributed by atoms with van der Waals surface area (Å²) in [6.07, 6.45) is 0.195. The maximum Gasteiger partial charge on any atom is 0.405 e. The van der Waals surface area contributed by atoms with E-state index in [1.807, 2.05) is 59.5 Å². The zero-order valence-corrected chi connectivity index (χ0v) is 30.2. The fourth-order valence-corrected chi connectivity index (χ4v) is 6.79. The number of phenolic OH excluding ortho intramolecular Hbond substituents is 1. The van der Waals surface area contributed by atoms with Crippen molar-refractivity contribution in [2.45, 2.75) is 31.4 Å². The van der Waals surface area contributed by atoms with Crippen molar-refractivity contribution in [3.05, 3.63) is 141 Å². The Kier molecular flexibility index (Phi) is 12.8. The van der Waals surface area contributed by atoms with Crippen LogP contribution in [0, 0.1) is 5.92 Å². The van der Waals surface area contributed by atoms with Crippen molar-refractivity contribution in [3.63, 3.8) is 0 Å². The number of carbonyl (C=O) groups excluding carboxylic acids is 2. The van der Waals surface area contributed by atoms with Gasteiger partial charge in [-0.3, -0.25) is 14.4 Å². The van der Waals surface area contributed by atoms with Crippen LogP contribution in [-0.2, 0) is 0 Å². The number of phenols is 1. The number of hydrogen-bond acceptors (Lipinski definition) is 8. The molecule has 1 saturated heterocycles. The molecule has 2 heterocycles. The number of pyridine rings is 1. The molecule has 1 aromatic heterocycles. The number of H-pyrrole nitrogens is 1. The number of ether oxygens (including phenoxy) is 1. The van der Waals surface area contributed by atoms with Crippen LogP contribution in [0.3, 0.4) is 0 Å². The first kappa shape index (κ1) is 38.5. The van der Waals surface area contributed by atoms with Gasteiger partial charge in [0.25, 0.3) is 11.8 Å². The molecule has 5 aromatic rings. The third-order valence-corrected chi connectivity index (χ3v) is 9.79. The van der Waals surface area contributed by atoms with Crippen LogP contribution in [-0.4, -0.2) is 82.4 Å². The Morgan fingerprint density at radius 2 is 1.58 bits per heavy atom. The van der Waals surface area contributed by atoms with Crippen LogP contribution in [0.1, 0.15) is 68.8 Å². The maximum atomic E-state index is 13.3. The number of benzene rings is 4. The lowest BCUT2D eigenvalue weighted by Crippen LogP contribution is -2.39. The Balaban J connectivity index is 0.900. The van der Waals surface area contributed by atoms with E-state index in [0.717, 1.165) is 24.0 Å². The van der Waals surface area contributed by atoms with Crippen LogP contribution in [0.4, 0.5) is 4.79 Å². The molecule has 4 aromatic carbocycles. The molecule has 0 saturated carbocycles. The number of aliphatic hydroxyl groups is 1. The monoisotopic (exact) mass is 747 g/mol. The van der Waals surface area contributed by atoms with Gasteiger partial charge in [0.05, 0.1) is 24.3 Å². The van der Waals surface area contributed by atoms with Crippen molar-refractivity contribution in [3.8, 4) is 11.5 Å². The fourth-order valence-electron chi connectivity index (χ4n) is 6.79. The summed E-state index contributed by atoms with van der Waals surface area (Å²) < 4.78 is 6.14. The van der Waals surface area contributed by atoms with Gasteiger partial charge in [0.2, 0.25) is 5.56 Å². The molecule has 286 valence electrons. The van der Waals surface area contributed by atoms with Gasteiger partial charge >= 0.3 is 6.09 Å².